The Balaban J connectivity index is 2.28. The third kappa shape index (κ3) is 0.728. The zero-order chi connectivity index (χ0) is 8.93. The molecule has 2 heteroatoms. The molecule has 0 aromatic heterocycles. The first-order valence-corrected chi connectivity index (χ1v) is 4.47. The quantitative estimate of drug-likeness (QED) is 0.434. The molecule has 3 saturated carbocycles. The number of hydrogen-bond acceptors (Lipinski definition) is 2. The van der Waals surface area contributed by atoms with E-state index in [9.17, 15) is 0 Å². The van der Waals surface area contributed by atoms with E-state index in [2.05, 4.69) is 25.6 Å². The van der Waals surface area contributed by atoms with Crippen molar-refractivity contribution in [1.29, 1.82) is 0 Å². The summed E-state index contributed by atoms with van der Waals surface area (Å²) in [6.45, 7) is 8.56. The number of fused-ring (bicyclic) bond motifs is 2. The second-order valence-corrected chi connectivity index (χ2v) is 4.58. The van der Waals surface area contributed by atoms with Crippen molar-refractivity contribution in [3.05, 3.63) is 12.2 Å². The molecule has 3 rings (SSSR count). The molecular formula is C10H15NO. The molecule has 0 unspecified atom stereocenters. The predicted molar refractivity (Wildman–Crippen MR) is 48.4 cm³/mol. The van der Waals surface area contributed by atoms with E-state index in [4.69, 9.17) is 5.21 Å². The van der Waals surface area contributed by atoms with Crippen LogP contribution in [0.2, 0.25) is 0 Å². The fourth-order valence-electron chi connectivity index (χ4n) is 2.62. The fraction of sp³-hybridized carbons (Fsp3) is 0.700. The zero-order valence-corrected chi connectivity index (χ0v) is 7.67. The molecule has 0 spiro atoms. The molecule has 0 aromatic rings. The highest BCUT2D eigenvalue weighted by Gasteiger charge is 2.53. The largest absolute Gasteiger partial charge is 0.411 e. The first kappa shape index (κ1) is 7.84. The Morgan fingerprint density at radius 2 is 2.25 bits per heavy atom. The molecule has 12 heavy (non-hydrogen) atoms. The van der Waals surface area contributed by atoms with Crippen molar-refractivity contribution in [1.82, 2.24) is 0 Å². The lowest BCUT2D eigenvalue weighted by molar-refractivity contribution is 0.000700. The molecular weight excluding hydrogens is 150 g/mol. The first-order valence-electron chi connectivity index (χ1n) is 4.47. The molecule has 2 atom stereocenters. The Bertz CT molecular complexity index is 265. The lowest BCUT2D eigenvalue weighted by Gasteiger charge is -2.57. The second-order valence-electron chi connectivity index (χ2n) is 4.58. The summed E-state index contributed by atoms with van der Waals surface area (Å²) in [5, 5.41) is 12.0. The van der Waals surface area contributed by atoms with Gasteiger partial charge in [-0.2, -0.15) is 0 Å². The van der Waals surface area contributed by atoms with Gasteiger partial charge < -0.3 is 5.21 Å². The molecule has 0 amide bonds. The van der Waals surface area contributed by atoms with Gasteiger partial charge in [-0.05, 0) is 35.7 Å². The molecule has 2 nitrogen and oxygen atoms in total. The summed E-state index contributed by atoms with van der Waals surface area (Å²) in [5.74, 6) is 1.26. The first-order chi connectivity index (χ1) is 5.57. The average molecular weight is 165 g/mol. The van der Waals surface area contributed by atoms with Gasteiger partial charge in [0.2, 0.25) is 0 Å². The van der Waals surface area contributed by atoms with Crippen molar-refractivity contribution in [2.75, 3.05) is 0 Å². The Morgan fingerprint density at radius 1 is 1.58 bits per heavy atom. The summed E-state index contributed by atoms with van der Waals surface area (Å²) in [7, 11) is 0. The number of hydrogen-bond donors (Lipinski definition) is 1. The van der Waals surface area contributed by atoms with Crippen LogP contribution < -0.4 is 0 Å². The van der Waals surface area contributed by atoms with Gasteiger partial charge in [-0.1, -0.05) is 25.6 Å². The summed E-state index contributed by atoms with van der Waals surface area (Å²) in [4.78, 5) is 0. The molecule has 1 N–H and O–H groups in total. The van der Waals surface area contributed by atoms with E-state index < -0.39 is 0 Å². The SMILES string of the molecule is C=C1/C(=N/O)C[C@@H]2C[C@@H]1C2(C)C. The van der Waals surface area contributed by atoms with E-state index in [1.165, 1.54) is 6.42 Å². The van der Waals surface area contributed by atoms with E-state index in [0.717, 1.165) is 17.7 Å². The van der Waals surface area contributed by atoms with Gasteiger partial charge in [-0.3, -0.25) is 0 Å². The van der Waals surface area contributed by atoms with E-state index >= 15 is 0 Å². The summed E-state index contributed by atoms with van der Waals surface area (Å²) in [6, 6.07) is 0. The Hall–Kier alpha value is -0.790. The summed E-state index contributed by atoms with van der Waals surface area (Å²) in [6.07, 6.45) is 2.16. The average Bonchev–Trinajstić information content (AvgIpc) is 2.03. The number of oxime groups is 1. The monoisotopic (exact) mass is 165 g/mol. The topological polar surface area (TPSA) is 32.6 Å². The Morgan fingerprint density at radius 3 is 2.67 bits per heavy atom. The zero-order valence-electron chi connectivity index (χ0n) is 7.67. The normalized spacial score (nSPS) is 41.2. The lowest BCUT2D eigenvalue weighted by atomic mass is 9.47. The van der Waals surface area contributed by atoms with Crippen LogP contribution in [0.5, 0.6) is 0 Å². The number of rotatable bonds is 0. The van der Waals surface area contributed by atoms with Crippen LogP contribution in [0.3, 0.4) is 0 Å². The smallest absolute Gasteiger partial charge is 0.0827 e. The Kier molecular flexibility index (Phi) is 1.39. The van der Waals surface area contributed by atoms with Crippen LogP contribution in [0.4, 0.5) is 0 Å². The van der Waals surface area contributed by atoms with Gasteiger partial charge in [-0.15, -0.1) is 0 Å². The third-order valence-corrected chi connectivity index (χ3v) is 3.82. The van der Waals surface area contributed by atoms with Crippen molar-refractivity contribution in [2.45, 2.75) is 26.7 Å². The third-order valence-electron chi connectivity index (χ3n) is 3.82. The highest BCUT2D eigenvalue weighted by molar-refractivity contribution is 6.01. The molecule has 2 bridgehead atoms. The maximum absolute atomic E-state index is 8.70. The van der Waals surface area contributed by atoms with E-state index in [-0.39, 0.29) is 0 Å². The van der Waals surface area contributed by atoms with Crippen molar-refractivity contribution in [3.8, 4) is 0 Å². The van der Waals surface area contributed by atoms with Gasteiger partial charge in [0.05, 0.1) is 5.71 Å². The van der Waals surface area contributed by atoms with Crippen molar-refractivity contribution in [2.24, 2.45) is 22.4 Å². The summed E-state index contributed by atoms with van der Waals surface area (Å²) >= 11 is 0. The highest BCUT2D eigenvalue weighted by atomic mass is 16.4. The van der Waals surface area contributed by atoms with Gasteiger partial charge in [0.25, 0.3) is 0 Å². The summed E-state index contributed by atoms with van der Waals surface area (Å²) in [5.41, 5.74) is 2.28. The minimum atomic E-state index is 0.394. The number of nitrogens with zero attached hydrogens (tertiary/aromatic N) is 1. The molecule has 0 saturated heterocycles. The Labute approximate surface area is 73.0 Å². The van der Waals surface area contributed by atoms with Crippen LogP contribution in [0.1, 0.15) is 26.7 Å². The van der Waals surface area contributed by atoms with Crippen LogP contribution >= 0.6 is 0 Å². The standard InChI is InChI=1S/C10H15NO/c1-6-8-4-7(10(8,2)3)5-9(6)11-12/h7-8,12H,1,4-5H2,2-3H3/b11-9+/t7-,8-/m0/s1. The molecule has 3 fully saturated rings. The van der Waals surface area contributed by atoms with Crippen LogP contribution in [-0.4, -0.2) is 10.9 Å². The second kappa shape index (κ2) is 2.12. The van der Waals surface area contributed by atoms with Gasteiger partial charge in [-0.25, -0.2) is 0 Å². The predicted octanol–water partition coefficient (Wildman–Crippen LogP) is 2.44. The van der Waals surface area contributed by atoms with Gasteiger partial charge in [0.15, 0.2) is 0 Å². The molecule has 0 aliphatic heterocycles. The van der Waals surface area contributed by atoms with Crippen molar-refractivity contribution < 1.29 is 5.21 Å². The van der Waals surface area contributed by atoms with Crippen molar-refractivity contribution >= 4 is 5.71 Å². The van der Waals surface area contributed by atoms with E-state index in [1.807, 2.05) is 0 Å². The maximum Gasteiger partial charge on any atom is 0.0827 e. The number of allylic oxidation sites excluding steroid dienone is 1. The molecule has 3 aliphatic carbocycles. The minimum absolute atomic E-state index is 0.394. The van der Waals surface area contributed by atoms with Crippen LogP contribution in [0, 0.1) is 17.3 Å². The lowest BCUT2D eigenvalue weighted by Crippen LogP contribution is -2.52. The van der Waals surface area contributed by atoms with Gasteiger partial charge in [0.1, 0.15) is 0 Å². The van der Waals surface area contributed by atoms with Gasteiger partial charge in [0, 0.05) is 0 Å². The highest BCUT2D eigenvalue weighted by Crippen LogP contribution is 2.59. The van der Waals surface area contributed by atoms with E-state index in [0.29, 0.717) is 17.3 Å². The summed E-state index contributed by atoms with van der Waals surface area (Å²) < 4.78 is 0. The molecule has 0 aromatic carbocycles. The minimum Gasteiger partial charge on any atom is -0.411 e. The molecule has 0 heterocycles. The molecule has 3 aliphatic rings. The fourth-order valence-corrected chi connectivity index (χ4v) is 2.62. The van der Waals surface area contributed by atoms with E-state index in [1.54, 1.807) is 0 Å². The molecule has 0 radical (unpaired) electrons. The van der Waals surface area contributed by atoms with Crippen LogP contribution in [0.25, 0.3) is 0 Å². The van der Waals surface area contributed by atoms with Gasteiger partial charge >= 0.3 is 0 Å². The van der Waals surface area contributed by atoms with Crippen LogP contribution in [-0.2, 0) is 0 Å². The van der Waals surface area contributed by atoms with Crippen molar-refractivity contribution in [3.63, 3.8) is 0 Å². The molecule has 66 valence electrons. The van der Waals surface area contributed by atoms with Crippen LogP contribution in [0.15, 0.2) is 17.3 Å². The maximum atomic E-state index is 8.70.